The van der Waals surface area contributed by atoms with Crippen LogP contribution in [0.3, 0.4) is 0 Å². The first-order valence-corrected chi connectivity index (χ1v) is 7.15. The van der Waals surface area contributed by atoms with Crippen LogP contribution in [0.5, 0.6) is 0 Å². The van der Waals surface area contributed by atoms with Gasteiger partial charge in [-0.15, -0.1) is 0 Å². The standard InChI is InChI=1S/C17H16F2N2O3/c1-10-6-11(18)8-12(7-10)21-17(24)16(23)20-9-15(22)13-4-2-3-5-14(13)19/h2-8,15,22H,9H2,1H3,(H,20,23)(H,21,24). The maximum atomic E-state index is 13.5. The molecule has 0 saturated carbocycles. The van der Waals surface area contributed by atoms with E-state index in [1.807, 2.05) is 0 Å². The molecule has 3 N–H and O–H groups in total. The van der Waals surface area contributed by atoms with Gasteiger partial charge in [-0.2, -0.15) is 0 Å². The number of rotatable bonds is 4. The highest BCUT2D eigenvalue weighted by Gasteiger charge is 2.18. The molecule has 5 nitrogen and oxygen atoms in total. The second kappa shape index (κ2) is 7.65. The van der Waals surface area contributed by atoms with Gasteiger partial charge >= 0.3 is 11.8 Å². The van der Waals surface area contributed by atoms with Crippen molar-refractivity contribution < 1.29 is 23.5 Å². The van der Waals surface area contributed by atoms with Gasteiger partial charge in [0.2, 0.25) is 0 Å². The molecule has 0 radical (unpaired) electrons. The summed E-state index contributed by atoms with van der Waals surface area (Å²) in [4.78, 5) is 23.5. The Bertz CT molecular complexity index is 745. The molecule has 2 rings (SSSR count). The van der Waals surface area contributed by atoms with Gasteiger partial charge in [-0.05, 0) is 36.8 Å². The summed E-state index contributed by atoms with van der Waals surface area (Å²) < 4.78 is 26.7. The van der Waals surface area contributed by atoms with Crippen LogP contribution in [-0.2, 0) is 9.59 Å². The van der Waals surface area contributed by atoms with Crippen molar-refractivity contribution in [1.82, 2.24) is 5.32 Å². The molecule has 7 heteroatoms. The van der Waals surface area contributed by atoms with E-state index in [9.17, 15) is 23.5 Å². The van der Waals surface area contributed by atoms with Crippen LogP contribution in [0, 0.1) is 18.6 Å². The Morgan fingerprint density at radius 2 is 1.83 bits per heavy atom. The van der Waals surface area contributed by atoms with Crippen molar-refractivity contribution in [3.8, 4) is 0 Å². The third kappa shape index (κ3) is 4.60. The van der Waals surface area contributed by atoms with E-state index < -0.39 is 29.6 Å². The smallest absolute Gasteiger partial charge is 0.313 e. The Balaban J connectivity index is 1.92. The lowest BCUT2D eigenvalue weighted by Gasteiger charge is -2.13. The minimum atomic E-state index is -1.29. The second-order valence-corrected chi connectivity index (χ2v) is 5.22. The van der Waals surface area contributed by atoms with Crippen molar-refractivity contribution in [2.45, 2.75) is 13.0 Å². The van der Waals surface area contributed by atoms with Gasteiger partial charge in [0.15, 0.2) is 0 Å². The fourth-order valence-electron chi connectivity index (χ4n) is 2.12. The molecule has 0 bridgehead atoms. The monoisotopic (exact) mass is 334 g/mol. The predicted molar refractivity (Wildman–Crippen MR) is 84.1 cm³/mol. The van der Waals surface area contributed by atoms with Crippen LogP contribution < -0.4 is 10.6 Å². The zero-order chi connectivity index (χ0) is 17.7. The number of amides is 2. The van der Waals surface area contributed by atoms with Gasteiger partial charge < -0.3 is 15.7 Å². The number of hydrogen-bond acceptors (Lipinski definition) is 3. The molecule has 0 aromatic heterocycles. The SMILES string of the molecule is Cc1cc(F)cc(NC(=O)C(=O)NCC(O)c2ccccc2F)c1. The van der Waals surface area contributed by atoms with Gasteiger partial charge in [-0.1, -0.05) is 18.2 Å². The minimum Gasteiger partial charge on any atom is -0.386 e. The zero-order valence-corrected chi connectivity index (χ0v) is 12.8. The highest BCUT2D eigenvalue weighted by Crippen LogP contribution is 2.16. The quantitative estimate of drug-likeness (QED) is 0.749. The Kier molecular flexibility index (Phi) is 5.59. The average molecular weight is 334 g/mol. The number of nitrogens with one attached hydrogen (secondary N) is 2. The van der Waals surface area contributed by atoms with Crippen LogP contribution >= 0.6 is 0 Å². The summed E-state index contributed by atoms with van der Waals surface area (Å²) in [5.41, 5.74) is 0.738. The summed E-state index contributed by atoms with van der Waals surface area (Å²) >= 11 is 0. The number of carbonyl (C=O) groups excluding carboxylic acids is 2. The van der Waals surface area contributed by atoms with Crippen LogP contribution in [0.25, 0.3) is 0 Å². The van der Waals surface area contributed by atoms with Crippen molar-refractivity contribution >= 4 is 17.5 Å². The molecule has 0 aliphatic heterocycles. The fourth-order valence-corrected chi connectivity index (χ4v) is 2.12. The molecule has 0 saturated heterocycles. The first-order chi connectivity index (χ1) is 11.4. The van der Waals surface area contributed by atoms with E-state index in [2.05, 4.69) is 10.6 Å². The first-order valence-electron chi connectivity index (χ1n) is 7.15. The molecule has 0 spiro atoms. The number of hydrogen-bond donors (Lipinski definition) is 3. The number of aryl methyl sites for hydroxylation is 1. The van der Waals surface area contributed by atoms with E-state index in [4.69, 9.17) is 0 Å². The highest BCUT2D eigenvalue weighted by molar-refractivity contribution is 6.39. The third-order valence-corrected chi connectivity index (χ3v) is 3.23. The molecule has 0 aliphatic carbocycles. The van der Waals surface area contributed by atoms with E-state index in [1.165, 1.54) is 30.3 Å². The summed E-state index contributed by atoms with van der Waals surface area (Å²) in [6.45, 7) is 1.30. The van der Waals surface area contributed by atoms with E-state index in [1.54, 1.807) is 13.0 Å². The minimum absolute atomic E-state index is 0.0129. The van der Waals surface area contributed by atoms with Crippen LogP contribution in [0.2, 0.25) is 0 Å². The maximum absolute atomic E-state index is 13.5. The largest absolute Gasteiger partial charge is 0.386 e. The van der Waals surface area contributed by atoms with Crippen LogP contribution in [0.1, 0.15) is 17.2 Å². The number of benzene rings is 2. The van der Waals surface area contributed by atoms with E-state index in [-0.39, 0.29) is 17.8 Å². The van der Waals surface area contributed by atoms with Crippen molar-refractivity contribution in [2.75, 3.05) is 11.9 Å². The van der Waals surface area contributed by atoms with Gasteiger partial charge in [-0.3, -0.25) is 9.59 Å². The number of aliphatic hydroxyl groups excluding tert-OH is 1. The van der Waals surface area contributed by atoms with Gasteiger partial charge in [0.05, 0.1) is 6.10 Å². The summed E-state index contributed by atoms with van der Waals surface area (Å²) in [5.74, 6) is -3.19. The molecule has 2 amide bonds. The summed E-state index contributed by atoms with van der Waals surface area (Å²) in [6.07, 6.45) is -1.29. The highest BCUT2D eigenvalue weighted by atomic mass is 19.1. The average Bonchev–Trinajstić information content (AvgIpc) is 2.51. The maximum Gasteiger partial charge on any atom is 0.313 e. The van der Waals surface area contributed by atoms with Crippen LogP contribution in [0.4, 0.5) is 14.5 Å². The second-order valence-electron chi connectivity index (χ2n) is 5.22. The number of carbonyl (C=O) groups is 2. The molecule has 24 heavy (non-hydrogen) atoms. The fraction of sp³-hybridized carbons (Fsp3) is 0.176. The summed E-state index contributed by atoms with van der Waals surface area (Å²) in [5, 5.41) is 14.3. The Labute approximate surface area is 137 Å². The molecule has 2 aromatic rings. The van der Waals surface area contributed by atoms with E-state index in [0.717, 1.165) is 6.07 Å². The lowest BCUT2D eigenvalue weighted by atomic mass is 10.1. The Hall–Kier alpha value is -2.80. The topological polar surface area (TPSA) is 78.4 Å². The zero-order valence-electron chi connectivity index (χ0n) is 12.8. The lowest BCUT2D eigenvalue weighted by Crippen LogP contribution is -2.37. The first kappa shape index (κ1) is 17.6. The third-order valence-electron chi connectivity index (χ3n) is 3.23. The number of halogens is 2. The van der Waals surface area contributed by atoms with Gasteiger partial charge in [0.1, 0.15) is 11.6 Å². The van der Waals surface area contributed by atoms with Crippen LogP contribution in [-0.4, -0.2) is 23.5 Å². The lowest BCUT2D eigenvalue weighted by molar-refractivity contribution is -0.136. The van der Waals surface area contributed by atoms with E-state index >= 15 is 0 Å². The van der Waals surface area contributed by atoms with Crippen molar-refractivity contribution in [3.63, 3.8) is 0 Å². The molecule has 2 aromatic carbocycles. The summed E-state index contributed by atoms with van der Waals surface area (Å²) in [7, 11) is 0. The number of anilines is 1. The molecule has 1 unspecified atom stereocenters. The van der Waals surface area contributed by atoms with E-state index in [0.29, 0.717) is 5.56 Å². The number of aliphatic hydroxyl groups is 1. The Morgan fingerprint density at radius 1 is 1.12 bits per heavy atom. The van der Waals surface area contributed by atoms with Gasteiger partial charge in [-0.25, -0.2) is 8.78 Å². The van der Waals surface area contributed by atoms with Gasteiger partial charge in [0.25, 0.3) is 0 Å². The van der Waals surface area contributed by atoms with Crippen LogP contribution in [0.15, 0.2) is 42.5 Å². The van der Waals surface area contributed by atoms with Crippen molar-refractivity contribution in [1.29, 1.82) is 0 Å². The molecular weight excluding hydrogens is 318 g/mol. The summed E-state index contributed by atoms with van der Waals surface area (Å²) in [6, 6.07) is 9.43. The molecule has 0 fully saturated rings. The van der Waals surface area contributed by atoms with Gasteiger partial charge in [0, 0.05) is 17.8 Å². The molecule has 126 valence electrons. The molecule has 0 heterocycles. The molecule has 0 aliphatic rings. The predicted octanol–water partition coefficient (Wildman–Crippen LogP) is 2.06. The van der Waals surface area contributed by atoms with Crippen molar-refractivity contribution in [2.24, 2.45) is 0 Å². The normalized spacial score (nSPS) is 11.7. The molecule has 1 atom stereocenters. The van der Waals surface area contributed by atoms with Crippen molar-refractivity contribution in [3.05, 3.63) is 65.2 Å². The Morgan fingerprint density at radius 3 is 2.50 bits per heavy atom. The molecular formula is C17H16F2N2O3.